The number of hydrogen-bond acceptors (Lipinski definition) is 3. The molecule has 0 unspecified atom stereocenters. The molecule has 0 spiro atoms. The topological polar surface area (TPSA) is 46.6 Å². The van der Waals surface area contributed by atoms with E-state index in [2.05, 4.69) is 0 Å². The van der Waals surface area contributed by atoms with Gasteiger partial charge in [-0.3, -0.25) is 9.59 Å². The fraction of sp³-hybridized carbons (Fsp3) is 0.125. The SMILES string of the molecule is CN1C(=O)COc2ccc(C(=O)c3ccc(Cl)cc3)cc21. The van der Waals surface area contributed by atoms with Gasteiger partial charge in [0, 0.05) is 23.2 Å². The van der Waals surface area contributed by atoms with Crippen LogP contribution < -0.4 is 9.64 Å². The van der Waals surface area contributed by atoms with Gasteiger partial charge in [-0.05, 0) is 42.5 Å². The maximum atomic E-state index is 12.4. The van der Waals surface area contributed by atoms with Gasteiger partial charge in [0.25, 0.3) is 5.91 Å². The van der Waals surface area contributed by atoms with Crippen molar-refractivity contribution < 1.29 is 14.3 Å². The first-order valence-electron chi connectivity index (χ1n) is 6.40. The maximum Gasteiger partial charge on any atom is 0.264 e. The quantitative estimate of drug-likeness (QED) is 0.801. The van der Waals surface area contributed by atoms with Gasteiger partial charge in [0.2, 0.25) is 0 Å². The standard InChI is InChI=1S/C16H12ClNO3/c1-18-13-8-11(4-7-14(13)21-9-15(18)19)16(20)10-2-5-12(17)6-3-10/h2-8H,9H2,1H3. The van der Waals surface area contributed by atoms with Crippen LogP contribution in [0.3, 0.4) is 0 Å². The monoisotopic (exact) mass is 301 g/mol. The number of likely N-dealkylation sites (N-methyl/N-ethyl adjacent to an activating group) is 1. The zero-order chi connectivity index (χ0) is 15.0. The highest BCUT2D eigenvalue weighted by Gasteiger charge is 2.23. The third-order valence-corrected chi connectivity index (χ3v) is 3.67. The number of benzene rings is 2. The fourth-order valence-corrected chi connectivity index (χ4v) is 2.31. The second-order valence-corrected chi connectivity index (χ2v) is 5.20. The first kappa shape index (κ1) is 13.6. The molecule has 3 rings (SSSR count). The Kier molecular flexibility index (Phi) is 3.39. The molecule has 4 nitrogen and oxygen atoms in total. The van der Waals surface area contributed by atoms with Gasteiger partial charge >= 0.3 is 0 Å². The van der Waals surface area contributed by atoms with Crippen LogP contribution in [0.25, 0.3) is 0 Å². The summed E-state index contributed by atoms with van der Waals surface area (Å²) in [5.74, 6) is 0.337. The molecular formula is C16H12ClNO3. The lowest BCUT2D eigenvalue weighted by Crippen LogP contribution is -2.35. The molecule has 1 aliphatic rings. The van der Waals surface area contributed by atoms with Crippen molar-refractivity contribution in [2.75, 3.05) is 18.6 Å². The molecular weight excluding hydrogens is 290 g/mol. The Balaban J connectivity index is 1.98. The molecule has 1 heterocycles. The lowest BCUT2D eigenvalue weighted by Gasteiger charge is -2.26. The van der Waals surface area contributed by atoms with Crippen molar-refractivity contribution in [3.8, 4) is 5.75 Å². The summed E-state index contributed by atoms with van der Waals surface area (Å²) in [4.78, 5) is 25.6. The minimum absolute atomic E-state index is 0.0218. The van der Waals surface area contributed by atoms with Crippen LogP contribution >= 0.6 is 11.6 Å². The molecule has 0 N–H and O–H groups in total. The third-order valence-electron chi connectivity index (χ3n) is 3.41. The molecule has 2 aromatic rings. The van der Waals surface area contributed by atoms with Crippen molar-refractivity contribution in [2.24, 2.45) is 0 Å². The smallest absolute Gasteiger partial charge is 0.264 e. The van der Waals surface area contributed by atoms with Crippen molar-refractivity contribution in [2.45, 2.75) is 0 Å². The summed E-state index contributed by atoms with van der Waals surface area (Å²) in [7, 11) is 1.67. The molecule has 0 saturated carbocycles. The van der Waals surface area contributed by atoms with E-state index in [1.165, 1.54) is 4.90 Å². The molecule has 5 heteroatoms. The van der Waals surface area contributed by atoms with E-state index >= 15 is 0 Å². The van der Waals surface area contributed by atoms with Crippen LogP contribution in [0.15, 0.2) is 42.5 Å². The molecule has 1 amide bonds. The second kappa shape index (κ2) is 5.22. The van der Waals surface area contributed by atoms with Crippen LogP contribution in [0.1, 0.15) is 15.9 Å². The summed E-state index contributed by atoms with van der Waals surface area (Å²) in [5.41, 5.74) is 1.65. The summed E-state index contributed by atoms with van der Waals surface area (Å²) in [6.45, 7) is 0.0218. The van der Waals surface area contributed by atoms with Gasteiger partial charge in [0.15, 0.2) is 12.4 Å². The van der Waals surface area contributed by atoms with E-state index in [0.29, 0.717) is 27.6 Å². The van der Waals surface area contributed by atoms with Gasteiger partial charge in [-0.15, -0.1) is 0 Å². The van der Waals surface area contributed by atoms with Gasteiger partial charge in [-0.1, -0.05) is 11.6 Å². The second-order valence-electron chi connectivity index (χ2n) is 4.76. The fourth-order valence-electron chi connectivity index (χ4n) is 2.18. The van der Waals surface area contributed by atoms with Crippen LogP contribution in [0.4, 0.5) is 5.69 Å². The summed E-state index contributed by atoms with van der Waals surface area (Å²) in [6, 6.07) is 11.8. The molecule has 0 aromatic heterocycles. The predicted octanol–water partition coefficient (Wildman–Crippen LogP) is 2.93. The molecule has 1 aliphatic heterocycles. The van der Waals surface area contributed by atoms with Crippen molar-refractivity contribution in [1.29, 1.82) is 0 Å². The lowest BCUT2D eigenvalue weighted by atomic mass is 10.0. The number of carbonyl (C=O) groups is 2. The van der Waals surface area contributed by atoms with E-state index in [0.717, 1.165) is 0 Å². The summed E-state index contributed by atoms with van der Waals surface area (Å²) >= 11 is 5.82. The normalized spacial score (nSPS) is 13.6. The third kappa shape index (κ3) is 2.50. The molecule has 0 fully saturated rings. The minimum Gasteiger partial charge on any atom is -0.482 e. The number of rotatable bonds is 2. The highest BCUT2D eigenvalue weighted by molar-refractivity contribution is 6.30. The van der Waals surface area contributed by atoms with Crippen molar-refractivity contribution in [3.05, 3.63) is 58.6 Å². The zero-order valence-electron chi connectivity index (χ0n) is 11.3. The average molecular weight is 302 g/mol. The Labute approximate surface area is 126 Å². The molecule has 0 atom stereocenters. The first-order valence-corrected chi connectivity index (χ1v) is 6.78. The van der Waals surface area contributed by atoms with E-state index < -0.39 is 0 Å². The van der Waals surface area contributed by atoms with Crippen molar-refractivity contribution in [1.82, 2.24) is 0 Å². The van der Waals surface area contributed by atoms with Crippen LogP contribution in [0.5, 0.6) is 5.75 Å². The number of hydrogen-bond donors (Lipinski definition) is 0. The lowest BCUT2D eigenvalue weighted by molar-refractivity contribution is -0.120. The number of ketones is 1. The Morgan fingerprint density at radius 1 is 1.14 bits per heavy atom. The minimum atomic E-state index is -0.140. The van der Waals surface area contributed by atoms with E-state index in [4.69, 9.17) is 16.3 Å². The van der Waals surface area contributed by atoms with Gasteiger partial charge in [0.05, 0.1) is 5.69 Å². The average Bonchev–Trinajstić information content (AvgIpc) is 2.51. The van der Waals surface area contributed by atoms with E-state index in [1.54, 1.807) is 49.5 Å². The van der Waals surface area contributed by atoms with E-state index in [9.17, 15) is 9.59 Å². The predicted molar refractivity (Wildman–Crippen MR) is 80.2 cm³/mol. The number of fused-ring (bicyclic) bond motifs is 1. The van der Waals surface area contributed by atoms with Crippen LogP contribution in [0.2, 0.25) is 5.02 Å². The van der Waals surface area contributed by atoms with E-state index in [1.807, 2.05) is 0 Å². The van der Waals surface area contributed by atoms with E-state index in [-0.39, 0.29) is 18.3 Å². The van der Waals surface area contributed by atoms with Gasteiger partial charge < -0.3 is 9.64 Å². The number of ether oxygens (including phenoxy) is 1. The Bertz CT molecular complexity index is 725. The van der Waals surface area contributed by atoms with Gasteiger partial charge in [-0.2, -0.15) is 0 Å². The number of amides is 1. The Hall–Kier alpha value is -2.33. The van der Waals surface area contributed by atoms with Crippen LogP contribution in [-0.4, -0.2) is 25.3 Å². The van der Waals surface area contributed by atoms with Gasteiger partial charge in [0.1, 0.15) is 5.75 Å². The van der Waals surface area contributed by atoms with Crippen LogP contribution in [0, 0.1) is 0 Å². The highest BCUT2D eigenvalue weighted by Crippen LogP contribution is 2.32. The summed E-state index contributed by atoms with van der Waals surface area (Å²) in [5, 5.41) is 0.579. The van der Waals surface area contributed by atoms with Crippen molar-refractivity contribution >= 4 is 29.0 Å². The summed E-state index contributed by atoms with van der Waals surface area (Å²) in [6.07, 6.45) is 0. The molecule has 106 valence electrons. The summed E-state index contributed by atoms with van der Waals surface area (Å²) < 4.78 is 5.34. The number of anilines is 1. The molecule has 0 aliphatic carbocycles. The first-order chi connectivity index (χ1) is 10.1. The number of carbonyl (C=O) groups excluding carboxylic acids is 2. The van der Waals surface area contributed by atoms with Gasteiger partial charge in [-0.25, -0.2) is 0 Å². The molecule has 21 heavy (non-hydrogen) atoms. The highest BCUT2D eigenvalue weighted by atomic mass is 35.5. The maximum absolute atomic E-state index is 12.4. The van der Waals surface area contributed by atoms with Crippen molar-refractivity contribution in [3.63, 3.8) is 0 Å². The molecule has 0 radical (unpaired) electrons. The van der Waals surface area contributed by atoms with Crippen LogP contribution in [-0.2, 0) is 4.79 Å². The Morgan fingerprint density at radius 2 is 1.81 bits per heavy atom. The molecule has 2 aromatic carbocycles. The molecule has 0 bridgehead atoms. The molecule has 0 saturated heterocycles. The Morgan fingerprint density at radius 3 is 2.52 bits per heavy atom. The number of nitrogens with zero attached hydrogens (tertiary/aromatic N) is 1. The number of halogens is 1. The zero-order valence-corrected chi connectivity index (χ0v) is 12.1. The largest absolute Gasteiger partial charge is 0.482 e.